The van der Waals surface area contributed by atoms with Gasteiger partial charge in [-0.1, -0.05) is 24.3 Å². The van der Waals surface area contributed by atoms with Crippen LogP contribution in [-0.4, -0.2) is 32.8 Å². The highest BCUT2D eigenvalue weighted by molar-refractivity contribution is 5.87. The van der Waals surface area contributed by atoms with Crippen molar-refractivity contribution in [1.29, 1.82) is 0 Å². The van der Waals surface area contributed by atoms with Crippen LogP contribution in [0.15, 0.2) is 48.5 Å². The molecule has 0 aromatic heterocycles. The first-order valence-electron chi connectivity index (χ1n) is 8.13. The summed E-state index contributed by atoms with van der Waals surface area (Å²) < 4.78 is 0. The number of carbonyl (C=O) groups excluding carboxylic acids is 1. The molecule has 2 rings (SSSR count). The zero-order chi connectivity index (χ0) is 19.3. The number of aromatic carboxylic acids is 1. The van der Waals surface area contributed by atoms with Gasteiger partial charge in [-0.15, -0.1) is 0 Å². The van der Waals surface area contributed by atoms with Crippen molar-refractivity contribution in [1.82, 2.24) is 4.90 Å². The lowest BCUT2D eigenvalue weighted by Gasteiger charge is -2.27. The van der Waals surface area contributed by atoms with Crippen LogP contribution in [0.5, 0.6) is 0 Å². The van der Waals surface area contributed by atoms with Gasteiger partial charge in [-0.2, -0.15) is 0 Å². The molecule has 0 aliphatic rings. The van der Waals surface area contributed by atoms with Crippen LogP contribution in [0, 0.1) is 10.1 Å². The molecule has 7 heteroatoms. The number of carboxylic acid groups (broad SMARTS) is 1. The van der Waals surface area contributed by atoms with E-state index in [4.69, 9.17) is 5.11 Å². The lowest BCUT2D eigenvalue weighted by Crippen LogP contribution is -2.37. The molecule has 7 nitrogen and oxygen atoms in total. The average Bonchev–Trinajstić information content (AvgIpc) is 2.60. The van der Waals surface area contributed by atoms with Crippen LogP contribution in [0.4, 0.5) is 5.69 Å². The SMILES string of the molecule is CC(C)N(Cc1ccc([N+](=O)[O-])cc1)C(=O)Cc1ccc(C(=O)O)cc1. The maximum absolute atomic E-state index is 12.7. The molecule has 2 aromatic carbocycles. The highest BCUT2D eigenvalue weighted by atomic mass is 16.6. The Morgan fingerprint density at radius 1 is 1.04 bits per heavy atom. The first kappa shape index (κ1) is 19.1. The van der Waals surface area contributed by atoms with E-state index in [-0.39, 0.29) is 29.6 Å². The topological polar surface area (TPSA) is 101 Å². The summed E-state index contributed by atoms with van der Waals surface area (Å²) in [7, 11) is 0. The second-order valence-corrected chi connectivity index (χ2v) is 6.22. The summed E-state index contributed by atoms with van der Waals surface area (Å²) in [5, 5.41) is 19.6. The zero-order valence-corrected chi connectivity index (χ0v) is 14.6. The number of rotatable bonds is 7. The largest absolute Gasteiger partial charge is 0.478 e. The van der Waals surface area contributed by atoms with E-state index in [1.165, 1.54) is 24.3 Å². The molecule has 0 aliphatic carbocycles. The highest BCUT2D eigenvalue weighted by Gasteiger charge is 2.18. The third-order valence-corrected chi connectivity index (χ3v) is 4.00. The van der Waals surface area contributed by atoms with Crippen LogP contribution in [-0.2, 0) is 17.8 Å². The van der Waals surface area contributed by atoms with Gasteiger partial charge < -0.3 is 10.0 Å². The minimum Gasteiger partial charge on any atom is -0.478 e. The molecule has 0 radical (unpaired) electrons. The van der Waals surface area contributed by atoms with Gasteiger partial charge in [-0.25, -0.2) is 4.79 Å². The van der Waals surface area contributed by atoms with E-state index in [1.807, 2.05) is 13.8 Å². The molecule has 0 aliphatic heterocycles. The second-order valence-electron chi connectivity index (χ2n) is 6.22. The fourth-order valence-corrected chi connectivity index (χ4v) is 2.52. The van der Waals surface area contributed by atoms with Gasteiger partial charge in [0.2, 0.25) is 5.91 Å². The Kier molecular flexibility index (Phi) is 6.06. The number of benzene rings is 2. The van der Waals surface area contributed by atoms with Gasteiger partial charge in [0.1, 0.15) is 0 Å². The monoisotopic (exact) mass is 356 g/mol. The molecule has 0 saturated heterocycles. The number of hydrogen-bond acceptors (Lipinski definition) is 4. The molecule has 0 spiro atoms. The van der Waals surface area contributed by atoms with Crippen molar-refractivity contribution in [3.8, 4) is 0 Å². The van der Waals surface area contributed by atoms with Gasteiger partial charge in [-0.3, -0.25) is 14.9 Å². The zero-order valence-electron chi connectivity index (χ0n) is 14.6. The third-order valence-electron chi connectivity index (χ3n) is 4.00. The predicted octanol–water partition coefficient (Wildman–Crippen LogP) is 3.27. The standard InChI is InChI=1S/C19H20N2O5/c1-13(2)20(12-15-5-9-17(10-6-15)21(25)26)18(22)11-14-3-7-16(8-4-14)19(23)24/h3-10,13H,11-12H2,1-2H3,(H,23,24). The van der Waals surface area contributed by atoms with Crippen LogP contribution < -0.4 is 0 Å². The molecule has 0 bridgehead atoms. The molecule has 0 fully saturated rings. The second kappa shape index (κ2) is 8.24. The number of non-ortho nitro benzene ring substituents is 1. The van der Waals surface area contributed by atoms with E-state index < -0.39 is 10.9 Å². The van der Waals surface area contributed by atoms with Crippen LogP contribution >= 0.6 is 0 Å². The summed E-state index contributed by atoms with van der Waals surface area (Å²) in [4.78, 5) is 35.5. The molecule has 2 aromatic rings. The maximum Gasteiger partial charge on any atom is 0.335 e. The summed E-state index contributed by atoms with van der Waals surface area (Å²) in [5.41, 5.74) is 1.72. The molecule has 136 valence electrons. The molecule has 0 heterocycles. The Morgan fingerprint density at radius 3 is 2.04 bits per heavy atom. The van der Waals surface area contributed by atoms with Crippen LogP contribution in [0.2, 0.25) is 0 Å². The van der Waals surface area contributed by atoms with Gasteiger partial charge in [0.05, 0.1) is 16.9 Å². The van der Waals surface area contributed by atoms with Gasteiger partial charge in [0.15, 0.2) is 0 Å². The Hall–Kier alpha value is -3.22. The number of nitrogens with zero attached hydrogens (tertiary/aromatic N) is 2. The number of nitro benzene ring substituents is 1. The third kappa shape index (κ3) is 4.89. The van der Waals surface area contributed by atoms with Crippen molar-refractivity contribution >= 4 is 17.6 Å². The van der Waals surface area contributed by atoms with Crippen molar-refractivity contribution in [3.63, 3.8) is 0 Å². The van der Waals surface area contributed by atoms with Gasteiger partial charge >= 0.3 is 5.97 Å². The van der Waals surface area contributed by atoms with Crippen molar-refractivity contribution in [2.24, 2.45) is 0 Å². The summed E-state index contributed by atoms with van der Waals surface area (Å²) in [6, 6.07) is 12.3. The smallest absolute Gasteiger partial charge is 0.335 e. The van der Waals surface area contributed by atoms with Crippen molar-refractivity contribution in [3.05, 3.63) is 75.3 Å². The molecular weight excluding hydrogens is 336 g/mol. The van der Waals surface area contributed by atoms with E-state index >= 15 is 0 Å². The molecule has 0 saturated carbocycles. The minimum absolute atomic E-state index is 0.00898. The molecule has 1 N–H and O–H groups in total. The van der Waals surface area contributed by atoms with Crippen molar-refractivity contribution < 1.29 is 19.6 Å². The first-order chi connectivity index (χ1) is 12.3. The number of carbonyl (C=O) groups is 2. The summed E-state index contributed by atoms with van der Waals surface area (Å²) >= 11 is 0. The Morgan fingerprint density at radius 2 is 1.58 bits per heavy atom. The maximum atomic E-state index is 12.7. The van der Waals surface area contributed by atoms with E-state index in [2.05, 4.69) is 0 Å². The fraction of sp³-hybridized carbons (Fsp3) is 0.263. The van der Waals surface area contributed by atoms with E-state index in [0.717, 1.165) is 11.1 Å². The molecule has 26 heavy (non-hydrogen) atoms. The van der Waals surface area contributed by atoms with Crippen LogP contribution in [0.3, 0.4) is 0 Å². The predicted molar refractivity (Wildman–Crippen MR) is 95.9 cm³/mol. The molecular formula is C19H20N2O5. The Bertz CT molecular complexity index is 798. The minimum atomic E-state index is -1.01. The quantitative estimate of drug-likeness (QED) is 0.606. The van der Waals surface area contributed by atoms with E-state index in [1.54, 1.807) is 29.2 Å². The lowest BCUT2D eigenvalue weighted by atomic mass is 10.1. The van der Waals surface area contributed by atoms with Crippen molar-refractivity contribution in [2.45, 2.75) is 32.9 Å². The van der Waals surface area contributed by atoms with E-state index in [9.17, 15) is 19.7 Å². The molecule has 1 amide bonds. The van der Waals surface area contributed by atoms with Crippen LogP contribution in [0.25, 0.3) is 0 Å². The molecule has 0 unspecified atom stereocenters. The Labute approximate surface area is 151 Å². The lowest BCUT2D eigenvalue weighted by molar-refractivity contribution is -0.384. The number of hydrogen-bond donors (Lipinski definition) is 1. The fourth-order valence-electron chi connectivity index (χ4n) is 2.52. The molecule has 0 atom stereocenters. The normalized spacial score (nSPS) is 10.6. The first-order valence-corrected chi connectivity index (χ1v) is 8.13. The number of nitro groups is 1. The summed E-state index contributed by atoms with van der Waals surface area (Å²) in [6.45, 7) is 4.15. The van der Waals surface area contributed by atoms with Crippen LogP contribution in [0.1, 0.15) is 35.3 Å². The number of amides is 1. The average molecular weight is 356 g/mol. The van der Waals surface area contributed by atoms with Gasteiger partial charge in [-0.05, 0) is 37.1 Å². The Balaban J connectivity index is 2.09. The number of carboxylic acids is 1. The van der Waals surface area contributed by atoms with Gasteiger partial charge in [0.25, 0.3) is 5.69 Å². The van der Waals surface area contributed by atoms with Crippen molar-refractivity contribution in [2.75, 3.05) is 0 Å². The highest BCUT2D eigenvalue weighted by Crippen LogP contribution is 2.16. The van der Waals surface area contributed by atoms with Gasteiger partial charge in [0, 0.05) is 24.7 Å². The summed E-state index contributed by atoms with van der Waals surface area (Å²) in [6.07, 6.45) is 0.158. The van der Waals surface area contributed by atoms with E-state index in [0.29, 0.717) is 6.54 Å². The summed E-state index contributed by atoms with van der Waals surface area (Å²) in [5.74, 6) is -1.11.